The second-order valence-electron chi connectivity index (χ2n) is 9.26. The van der Waals surface area contributed by atoms with E-state index in [1.165, 1.54) is 37.7 Å². The van der Waals surface area contributed by atoms with Crippen molar-refractivity contribution in [3.05, 3.63) is 88.5 Å². The molecule has 8 nitrogen and oxygen atoms in total. The lowest BCUT2D eigenvalue weighted by Crippen LogP contribution is -2.75. The van der Waals surface area contributed by atoms with Gasteiger partial charge in [0.2, 0.25) is 5.91 Å². The fraction of sp³-hybridized carbons (Fsp3) is 0.276. The van der Waals surface area contributed by atoms with Gasteiger partial charge in [-0.2, -0.15) is 0 Å². The number of anilines is 1. The van der Waals surface area contributed by atoms with Crippen molar-refractivity contribution in [1.29, 1.82) is 0 Å². The number of aromatic amines is 1. The number of hydrogen-bond donors (Lipinski definition) is 4. The molecule has 0 spiro atoms. The van der Waals surface area contributed by atoms with Gasteiger partial charge in [-0.1, -0.05) is 36.2 Å². The average molecular weight is 552 g/mol. The Bertz CT molecular complexity index is 1380. The number of amides is 1. The zero-order chi connectivity index (χ0) is 27.6. The van der Waals surface area contributed by atoms with Gasteiger partial charge in [0.25, 0.3) is 5.84 Å². The van der Waals surface area contributed by atoms with Gasteiger partial charge < -0.3 is 20.8 Å². The predicted octanol–water partition coefficient (Wildman–Crippen LogP) is 3.82. The van der Waals surface area contributed by atoms with Gasteiger partial charge in [0.05, 0.1) is 10.7 Å². The summed E-state index contributed by atoms with van der Waals surface area (Å²) in [5, 5.41) is 3.27. The van der Waals surface area contributed by atoms with Gasteiger partial charge in [-0.3, -0.25) is 9.69 Å². The van der Waals surface area contributed by atoms with Crippen molar-refractivity contribution in [2.45, 2.75) is 32.8 Å². The standard InChI is InChI=1S/C29H32ClFN6O2/c1-20-25(36-27(38)9-6-14-37-12-3-2-4-13-37)17-33-28(20)29(34-19-32)35-23-10-11-26(24(30)16-23)39-18-21-7-5-8-22(31)15-21/h5-11,15-17,19,33H,2-4,12-14,18H2,1H3,(H,36,38)(H2,32,34,35)/p+1/b9-6+. The zero-order valence-corrected chi connectivity index (χ0v) is 22.6. The Morgan fingerprint density at radius 1 is 1.26 bits per heavy atom. The van der Waals surface area contributed by atoms with Crippen molar-refractivity contribution in [2.24, 2.45) is 10.7 Å². The van der Waals surface area contributed by atoms with E-state index < -0.39 is 0 Å². The molecule has 0 radical (unpaired) electrons. The predicted molar refractivity (Wildman–Crippen MR) is 153 cm³/mol. The SMILES string of the molecule is Cc1c(NC(=O)/C=C/CN2CCCCC2)c[nH]c1C(=Nc1ccc(OCc2cccc(F)c2)c(Cl)c1)[NH+]=CN. The summed E-state index contributed by atoms with van der Waals surface area (Å²) in [6, 6.07) is 11.3. The number of nitrogens with one attached hydrogen (secondary N) is 3. The number of amidine groups is 1. The topological polar surface area (TPSA) is 110 Å². The number of piperidine rings is 1. The van der Waals surface area contributed by atoms with Crippen LogP contribution in [-0.2, 0) is 11.4 Å². The number of H-pyrrole nitrogens is 1. The number of nitrogens with zero attached hydrogens (tertiary/aromatic N) is 2. The highest BCUT2D eigenvalue weighted by molar-refractivity contribution is 6.32. The summed E-state index contributed by atoms with van der Waals surface area (Å²) in [6.07, 6.45) is 10.2. The van der Waals surface area contributed by atoms with Crippen LogP contribution in [-0.4, -0.2) is 47.6 Å². The quantitative estimate of drug-likeness (QED) is 0.184. The molecule has 1 fully saturated rings. The largest absolute Gasteiger partial charge is 0.487 e. The first-order chi connectivity index (χ1) is 18.9. The molecule has 0 bridgehead atoms. The summed E-state index contributed by atoms with van der Waals surface area (Å²) >= 11 is 6.43. The summed E-state index contributed by atoms with van der Waals surface area (Å²) in [7, 11) is 0. The molecule has 1 saturated heterocycles. The summed E-state index contributed by atoms with van der Waals surface area (Å²) in [6.45, 7) is 4.99. The minimum absolute atomic E-state index is 0.179. The number of benzene rings is 2. The highest BCUT2D eigenvalue weighted by Gasteiger charge is 2.17. The molecule has 5 N–H and O–H groups in total. The van der Waals surface area contributed by atoms with Crippen LogP contribution >= 0.6 is 11.6 Å². The number of rotatable bonds is 9. The van der Waals surface area contributed by atoms with Gasteiger partial charge in [-0.15, -0.1) is 4.99 Å². The van der Waals surface area contributed by atoms with Gasteiger partial charge >= 0.3 is 0 Å². The first-order valence-corrected chi connectivity index (χ1v) is 13.2. The summed E-state index contributed by atoms with van der Waals surface area (Å²) in [4.78, 5) is 25.6. The molecule has 4 rings (SSSR count). The maximum absolute atomic E-state index is 13.4. The Morgan fingerprint density at radius 3 is 2.82 bits per heavy atom. The van der Waals surface area contributed by atoms with Crippen molar-refractivity contribution in [3.63, 3.8) is 0 Å². The minimum Gasteiger partial charge on any atom is -0.487 e. The molecule has 1 aromatic heterocycles. The lowest BCUT2D eigenvalue weighted by Gasteiger charge is -2.24. The van der Waals surface area contributed by atoms with E-state index in [4.69, 9.17) is 22.1 Å². The summed E-state index contributed by atoms with van der Waals surface area (Å²) in [5.41, 5.74) is 9.00. The molecule has 3 aromatic rings. The van der Waals surface area contributed by atoms with Crippen molar-refractivity contribution >= 4 is 41.1 Å². The first kappa shape index (κ1) is 28.1. The van der Waals surface area contributed by atoms with Crippen molar-refractivity contribution in [1.82, 2.24) is 9.88 Å². The van der Waals surface area contributed by atoms with E-state index in [2.05, 4.69) is 25.2 Å². The smallest absolute Gasteiger partial charge is 0.284 e. The fourth-order valence-corrected chi connectivity index (χ4v) is 4.56. The number of hydrogen-bond acceptors (Lipinski definition) is 4. The highest BCUT2D eigenvalue weighted by atomic mass is 35.5. The number of ether oxygens (including phenoxy) is 1. The van der Waals surface area contributed by atoms with Gasteiger partial charge in [0.15, 0.2) is 6.34 Å². The van der Waals surface area contributed by atoms with Crippen LogP contribution in [0.15, 0.2) is 65.8 Å². The van der Waals surface area contributed by atoms with E-state index >= 15 is 0 Å². The van der Waals surface area contributed by atoms with E-state index in [9.17, 15) is 9.18 Å². The molecule has 39 heavy (non-hydrogen) atoms. The molecule has 2 heterocycles. The number of carbonyl (C=O) groups is 1. The maximum Gasteiger partial charge on any atom is 0.284 e. The molecule has 1 aliphatic rings. The van der Waals surface area contributed by atoms with Crippen LogP contribution in [0.4, 0.5) is 15.8 Å². The molecule has 0 atom stereocenters. The van der Waals surface area contributed by atoms with Gasteiger partial charge in [0, 0.05) is 30.4 Å². The Hall–Kier alpha value is -3.95. The third-order valence-electron chi connectivity index (χ3n) is 6.38. The molecule has 2 aromatic carbocycles. The molecule has 1 aliphatic heterocycles. The number of aliphatic imine (C=N–C) groups is 1. The van der Waals surface area contributed by atoms with E-state index in [0.717, 1.165) is 25.2 Å². The molecule has 10 heteroatoms. The lowest BCUT2D eigenvalue weighted by molar-refractivity contribution is -0.309. The number of halogens is 2. The summed E-state index contributed by atoms with van der Waals surface area (Å²) in [5.74, 6) is 0.378. The van der Waals surface area contributed by atoms with E-state index in [1.54, 1.807) is 42.6 Å². The van der Waals surface area contributed by atoms with Crippen LogP contribution < -0.4 is 20.8 Å². The average Bonchev–Trinajstić information content (AvgIpc) is 3.28. The molecule has 0 saturated carbocycles. The van der Waals surface area contributed by atoms with E-state index in [1.807, 2.05) is 13.0 Å². The second-order valence-corrected chi connectivity index (χ2v) is 9.67. The fourth-order valence-electron chi connectivity index (χ4n) is 4.33. The first-order valence-electron chi connectivity index (χ1n) is 12.9. The molecule has 1 amide bonds. The van der Waals surface area contributed by atoms with E-state index in [0.29, 0.717) is 39.2 Å². The van der Waals surface area contributed by atoms with Crippen LogP contribution in [0.1, 0.15) is 36.1 Å². The van der Waals surface area contributed by atoms with E-state index in [-0.39, 0.29) is 18.3 Å². The maximum atomic E-state index is 13.4. The number of aromatic nitrogens is 1. The molecular formula is C29H33ClFN6O2+. The van der Waals surface area contributed by atoms with Gasteiger partial charge in [-0.25, -0.2) is 9.38 Å². The Morgan fingerprint density at radius 2 is 2.08 bits per heavy atom. The van der Waals surface area contributed by atoms with Crippen molar-refractivity contribution in [2.75, 3.05) is 25.0 Å². The number of carbonyl (C=O) groups excluding carboxylic acids is 1. The minimum atomic E-state index is -0.324. The number of likely N-dealkylation sites (tertiary alicyclic amines) is 1. The Kier molecular flexibility index (Phi) is 9.88. The monoisotopic (exact) mass is 551 g/mol. The Labute approximate surface area is 232 Å². The van der Waals surface area contributed by atoms with Gasteiger partial charge in [-0.05, 0) is 62.7 Å². The van der Waals surface area contributed by atoms with Crippen molar-refractivity contribution < 1.29 is 18.9 Å². The normalized spacial score (nSPS) is 14.8. The third-order valence-corrected chi connectivity index (χ3v) is 6.67. The number of nitrogens with two attached hydrogens (primary N) is 1. The molecule has 0 unspecified atom stereocenters. The van der Waals surface area contributed by atoms with Crippen LogP contribution in [0.25, 0.3) is 0 Å². The summed E-state index contributed by atoms with van der Waals surface area (Å²) < 4.78 is 19.2. The zero-order valence-electron chi connectivity index (χ0n) is 21.8. The van der Waals surface area contributed by atoms with Crippen LogP contribution in [0.3, 0.4) is 0 Å². The molecule has 0 aliphatic carbocycles. The van der Waals surface area contributed by atoms with Crippen LogP contribution in [0.2, 0.25) is 5.02 Å². The highest BCUT2D eigenvalue weighted by Crippen LogP contribution is 2.30. The van der Waals surface area contributed by atoms with Crippen molar-refractivity contribution in [3.8, 4) is 5.75 Å². The van der Waals surface area contributed by atoms with Crippen LogP contribution in [0.5, 0.6) is 5.75 Å². The van der Waals surface area contributed by atoms with Gasteiger partial charge in [0.1, 0.15) is 29.6 Å². The molecular weight excluding hydrogens is 519 g/mol. The molecule has 204 valence electrons. The van der Waals surface area contributed by atoms with Crippen LogP contribution in [0, 0.1) is 12.7 Å². The Balaban J connectivity index is 1.43. The second kappa shape index (κ2) is 13.7. The third kappa shape index (κ3) is 8.02. The lowest BCUT2D eigenvalue weighted by atomic mass is 10.1.